The summed E-state index contributed by atoms with van der Waals surface area (Å²) >= 11 is 0. The number of carbonyl (C=O) groups is 2. The van der Waals surface area contributed by atoms with Crippen LogP contribution in [0.1, 0.15) is 64.7 Å². The lowest BCUT2D eigenvalue weighted by atomic mass is 9.83. The van der Waals surface area contributed by atoms with Crippen LogP contribution in [0, 0.1) is 11.8 Å². The highest BCUT2D eigenvalue weighted by molar-refractivity contribution is 5.75. The Morgan fingerprint density at radius 1 is 1.14 bits per heavy atom. The van der Waals surface area contributed by atoms with E-state index in [1.165, 1.54) is 32.1 Å². The second-order valence-corrected chi connectivity index (χ2v) is 6.58. The lowest BCUT2D eigenvalue weighted by Crippen LogP contribution is -2.48. The van der Waals surface area contributed by atoms with Crippen molar-refractivity contribution in [2.75, 3.05) is 0 Å². The topological polar surface area (TPSA) is 78.4 Å². The molecule has 21 heavy (non-hydrogen) atoms. The van der Waals surface area contributed by atoms with Crippen molar-refractivity contribution in [2.24, 2.45) is 11.8 Å². The average Bonchev–Trinajstić information content (AvgIpc) is 2.94. The van der Waals surface area contributed by atoms with Gasteiger partial charge >= 0.3 is 12.0 Å². The van der Waals surface area contributed by atoms with Gasteiger partial charge in [0.25, 0.3) is 0 Å². The van der Waals surface area contributed by atoms with Crippen molar-refractivity contribution in [2.45, 2.75) is 76.8 Å². The van der Waals surface area contributed by atoms with Gasteiger partial charge in [-0.1, -0.05) is 26.2 Å². The molecule has 0 spiro atoms. The van der Waals surface area contributed by atoms with Gasteiger partial charge in [0.15, 0.2) is 0 Å². The van der Waals surface area contributed by atoms with Crippen LogP contribution in [0.4, 0.5) is 4.79 Å². The summed E-state index contributed by atoms with van der Waals surface area (Å²) in [6.45, 7) is 2.12. The van der Waals surface area contributed by atoms with E-state index in [4.69, 9.17) is 5.11 Å². The molecule has 0 aromatic heterocycles. The molecule has 3 atom stereocenters. The first-order valence-electron chi connectivity index (χ1n) is 8.40. The monoisotopic (exact) mass is 296 g/mol. The van der Waals surface area contributed by atoms with E-state index in [1.807, 2.05) is 0 Å². The van der Waals surface area contributed by atoms with Crippen LogP contribution < -0.4 is 10.6 Å². The number of nitrogens with one attached hydrogen (secondary N) is 2. The van der Waals surface area contributed by atoms with Crippen molar-refractivity contribution in [1.82, 2.24) is 10.6 Å². The summed E-state index contributed by atoms with van der Waals surface area (Å²) in [6.07, 6.45) is 9.24. The van der Waals surface area contributed by atoms with Gasteiger partial charge in [0.1, 0.15) is 0 Å². The van der Waals surface area contributed by atoms with E-state index in [0.29, 0.717) is 18.8 Å². The molecule has 2 rings (SSSR count). The van der Waals surface area contributed by atoms with Gasteiger partial charge in [-0.15, -0.1) is 0 Å². The van der Waals surface area contributed by atoms with Crippen molar-refractivity contribution >= 4 is 12.0 Å². The van der Waals surface area contributed by atoms with Gasteiger partial charge in [0.2, 0.25) is 0 Å². The predicted octanol–water partition coefficient (Wildman–Crippen LogP) is 2.90. The molecule has 2 aliphatic rings. The van der Waals surface area contributed by atoms with E-state index >= 15 is 0 Å². The Morgan fingerprint density at radius 2 is 1.86 bits per heavy atom. The van der Waals surface area contributed by atoms with Crippen LogP contribution in [-0.4, -0.2) is 29.2 Å². The number of hydrogen-bond donors (Lipinski definition) is 3. The van der Waals surface area contributed by atoms with Crippen LogP contribution in [-0.2, 0) is 4.79 Å². The molecule has 2 aliphatic carbocycles. The summed E-state index contributed by atoms with van der Waals surface area (Å²) in [5.41, 5.74) is 0. The Morgan fingerprint density at radius 3 is 2.43 bits per heavy atom. The number of rotatable bonds is 5. The molecule has 0 aromatic rings. The van der Waals surface area contributed by atoms with E-state index in [1.54, 1.807) is 0 Å². The van der Waals surface area contributed by atoms with E-state index in [-0.39, 0.29) is 24.0 Å². The molecule has 3 unspecified atom stereocenters. The molecule has 0 aromatic carbocycles. The molecular weight excluding hydrogens is 268 g/mol. The molecule has 0 radical (unpaired) electrons. The zero-order chi connectivity index (χ0) is 15.2. The van der Waals surface area contributed by atoms with Crippen molar-refractivity contribution in [3.05, 3.63) is 0 Å². The molecule has 2 amide bonds. The maximum Gasteiger partial charge on any atom is 0.315 e. The minimum Gasteiger partial charge on any atom is -0.481 e. The summed E-state index contributed by atoms with van der Waals surface area (Å²) in [6, 6.07) is 0.139. The van der Waals surface area contributed by atoms with Gasteiger partial charge in [-0.05, 0) is 44.4 Å². The zero-order valence-corrected chi connectivity index (χ0v) is 12.9. The SMILES string of the molecule is CCC(NC(=O)NC1CCC(C(=O)O)C1)C1CCCCC1. The van der Waals surface area contributed by atoms with Crippen molar-refractivity contribution < 1.29 is 14.7 Å². The fourth-order valence-corrected chi connectivity index (χ4v) is 3.82. The third-order valence-corrected chi connectivity index (χ3v) is 5.09. The number of amides is 2. The predicted molar refractivity (Wildman–Crippen MR) is 81.1 cm³/mol. The van der Waals surface area contributed by atoms with E-state index in [2.05, 4.69) is 17.6 Å². The number of carboxylic acids is 1. The molecular formula is C16H28N2O3. The number of urea groups is 1. The molecule has 2 saturated carbocycles. The summed E-state index contributed by atoms with van der Waals surface area (Å²) < 4.78 is 0. The van der Waals surface area contributed by atoms with Crippen molar-refractivity contribution in [3.63, 3.8) is 0 Å². The Labute approximate surface area is 126 Å². The molecule has 0 saturated heterocycles. The fraction of sp³-hybridized carbons (Fsp3) is 0.875. The quantitative estimate of drug-likeness (QED) is 0.730. The van der Waals surface area contributed by atoms with Gasteiger partial charge in [0, 0.05) is 12.1 Å². The minimum atomic E-state index is -0.742. The molecule has 5 nitrogen and oxygen atoms in total. The summed E-state index contributed by atoms with van der Waals surface area (Å²) in [5, 5.41) is 15.1. The molecule has 5 heteroatoms. The normalized spacial score (nSPS) is 28.0. The van der Waals surface area contributed by atoms with Crippen LogP contribution in [0.2, 0.25) is 0 Å². The van der Waals surface area contributed by atoms with E-state index < -0.39 is 5.97 Å². The van der Waals surface area contributed by atoms with Gasteiger partial charge in [-0.25, -0.2) is 4.79 Å². The summed E-state index contributed by atoms with van der Waals surface area (Å²) in [7, 11) is 0. The summed E-state index contributed by atoms with van der Waals surface area (Å²) in [5.74, 6) is -0.436. The highest BCUT2D eigenvalue weighted by Gasteiger charge is 2.31. The van der Waals surface area contributed by atoms with Gasteiger partial charge in [0.05, 0.1) is 5.92 Å². The highest BCUT2D eigenvalue weighted by atomic mass is 16.4. The lowest BCUT2D eigenvalue weighted by molar-refractivity contribution is -0.141. The number of hydrogen-bond acceptors (Lipinski definition) is 2. The first-order chi connectivity index (χ1) is 10.1. The van der Waals surface area contributed by atoms with Crippen LogP contribution >= 0.6 is 0 Å². The fourth-order valence-electron chi connectivity index (χ4n) is 3.82. The van der Waals surface area contributed by atoms with Crippen LogP contribution in [0.15, 0.2) is 0 Å². The Hall–Kier alpha value is -1.26. The Bertz CT molecular complexity index is 367. The minimum absolute atomic E-state index is 0.00922. The van der Waals surface area contributed by atoms with E-state index in [9.17, 15) is 9.59 Å². The molecule has 3 N–H and O–H groups in total. The number of aliphatic carboxylic acids is 1. The number of carbonyl (C=O) groups excluding carboxylic acids is 1. The van der Waals surface area contributed by atoms with Crippen molar-refractivity contribution in [1.29, 1.82) is 0 Å². The Balaban J connectivity index is 1.76. The maximum atomic E-state index is 12.1. The molecule has 0 heterocycles. The van der Waals surface area contributed by atoms with Gasteiger partial charge in [-0.2, -0.15) is 0 Å². The molecule has 120 valence electrons. The largest absolute Gasteiger partial charge is 0.481 e. The zero-order valence-electron chi connectivity index (χ0n) is 12.9. The standard InChI is InChI=1S/C16H28N2O3/c1-2-14(11-6-4-3-5-7-11)18-16(21)17-13-9-8-12(10-13)15(19)20/h11-14H,2-10H2,1H3,(H,19,20)(H2,17,18,21). The van der Waals surface area contributed by atoms with Crippen LogP contribution in [0.25, 0.3) is 0 Å². The Kier molecular flexibility index (Phi) is 5.88. The third kappa shape index (κ3) is 4.61. The van der Waals surface area contributed by atoms with E-state index in [0.717, 1.165) is 12.8 Å². The van der Waals surface area contributed by atoms with Crippen LogP contribution in [0.5, 0.6) is 0 Å². The number of carboxylic acid groups (broad SMARTS) is 1. The molecule has 2 fully saturated rings. The molecule has 0 bridgehead atoms. The average molecular weight is 296 g/mol. The second kappa shape index (κ2) is 7.66. The smallest absolute Gasteiger partial charge is 0.315 e. The van der Waals surface area contributed by atoms with Crippen LogP contribution in [0.3, 0.4) is 0 Å². The lowest BCUT2D eigenvalue weighted by Gasteiger charge is -2.30. The van der Waals surface area contributed by atoms with Crippen molar-refractivity contribution in [3.8, 4) is 0 Å². The first kappa shape index (κ1) is 16.1. The van der Waals surface area contributed by atoms with Gasteiger partial charge in [-0.3, -0.25) is 4.79 Å². The maximum absolute atomic E-state index is 12.1. The summed E-state index contributed by atoms with van der Waals surface area (Å²) in [4.78, 5) is 23.1. The first-order valence-corrected chi connectivity index (χ1v) is 8.40. The highest BCUT2D eigenvalue weighted by Crippen LogP contribution is 2.28. The second-order valence-electron chi connectivity index (χ2n) is 6.58. The third-order valence-electron chi connectivity index (χ3n) is 5.09. The molecule has 0 aliphatic heterocycles. The van der Waals surface area contributed by atoms with Gasteiger partial charge < -0.3 is 15.7 Å².